The lowest BCUT2D eigenvalue weighted by molar-refractivity contribution is -0.385. The van der Waals surface area contributed by atoms with Crippen molar-refractivity contribution in [3.8, 4) is 11.8 Å². The molecule has 1 rings (SSSR count). The van der Waals surface area contributed by atoms with Gasteiger partial charge < -0.3 is 0 Å². The van der Waals surface area contributed by atoms with Gasteiger partial charge in [0, 0.05) is 17.9 Å². The number of rotatable bonds is 3. The van der Waals surface area contributed by atoms with Crippen molar-refractivity contribution < 1.29 is 9.31 Å². The Balaban J connectivity index is 2.90. The Bertz CT molecular complexity index is 541. The maximum absolute atomic E-state index is 12.8. The Morgan fingerprint density at radius 3 is 3.00 bits per heavy atom. The van der Waals surface area contributed by atoms with Crippen molar-refractivity contribution in [1.82, 2.24) is 0 Å². The molecular weight excluding hydrogens is 227 g/mol. The molecule has 1 aromatic carbocycles. The molecule has 0 aromatic heterocycles. The van der Waals surface area contributed by atoms with Gasteiger partial charge in [0.1, 0.15) is 11.4 Å². The van der Waals surface area contributed by atoms with Gasteiger partial charge in [0.15, 0.2) is 0 Å². The molecule has 86 valence electrons. The van der Waals surface area contributed by atoms with E-state index >= 15 is 0 Å². The Labute approximate surface area is 95.8 Å². The number of nitrogens with zero attached hydrogens (tertiary/aromatic N) is 4. The molecule has 0 fully saturated rings. The average Bonchev–Trinajstić information content (AvgIpc) is 2.30. The molecule has 0 saturated heterocycles. The lowest BCUT2D eigenvalue weighted by Gasteiger charge is -1.95. The van der Waals surface area contributed by atoms with E-state index in [4.69, 9.17) is 5.53 Å². The van der Waals surface area contributed by atoms with Crippen LogP contribution >= 0.6 is 0 Å². The van der Waals surface area contributed by atoms with Crippen molar-refractivity contribution in [1.29, 1.82) is 0 Å². The van der Waals surface area contributed by atoms with Gasteiger partial charge in [0.2, 0.25) is 0 Å². The maximum atomic E-state index is 12.8. The molecule has 0 amide bonds. The zero-order valence-electron chi connectivity index (χ0n) is 8.63. The number of hydrogen-bond donors (Lipinski definition) is 0. The van der Waals surface area contributed by atoms with Gasteiger partial charge in [-0.1, -0.05) is 17.0 Å². The number of azide groups is 1. The molecule has 7 heteroatoms. The predicted octanol–water partition coefficient (Wildman–Crippen LogP) is 2.79. The molecule has 0 radical (unpaired) electrons. The van der Waals surface area contributed by atoms with E-state index in [-0.39, 0.29) is 17.8 Å². The summed E-state index contributed by atoms with van der Waals surface area (Å²) < 4.78 is 12.8. The van der Waals surface area contributed by atoms with Crippen LogP contribution in [0.15, 0.2) is 23.3 Å². The second-order valence-corrected chi connectivity index (χ2v) is 2.92. The standard InChI is InChI=1S/C10H7FN4O2/c11-9-5-4-8(10(7-9)15(16)17)3-1-2-6-13-14-12/h4-5,7H,2,6H2. The summed E-state index contributed by atoms with van der Waals surface area (Å²) in [7, 11) is 0. The quantitative estimate of drug-likeness (QED) is 0.153. The normalized spacial score (nSPS) is 8.76. The predicted molar refractivity (Wildman–Crippen MR) is 58.6 cm³/mol. The second kappa shape index (κ2) is 6.10. The van der Waals surface area contributed by atoms with E-state index in [2.05, 4.69) is 21.9 Å². The van der Waals surface area contributed by atoms with Crippen LogP contribution in [0.2, 0.25) is 0 Å². The number of hydrogen-bond acceptors (Lipinski definition) is 3. The Morgan fingerprint density at radius 2 is 2.35 bits per heavy atom. The van der Waals surface area contributed by atoms with Crippen LogP contribution in [0, 0.1) is 27.8 Å². The Hall–Kier alpha value is -2.58. The maximum Gasteiger partial charge on any atom is 0.287 e. The lowest BCUT2D eigenvalue weighted by Crippen LogP contribution is -1.93. The van der Waals surface area contributed by atoms with Crippen molar-refractivity contribution in [3.63, 3.8) is 0 Å². The molecule has 0 unspecified atom stereocenters. The monoisotopic (exact) mass is 234 g/mol. The van der Waals surface area contributed by atoms with Gasteiger partial charge in [0.25, 0.3) is 5.69 Å². The van der Waals surface area contributed by atoms with Crippen LogP contribution in [0.1, 0.15) is 12.0 Å². The molecule has 0 spiro atoms. The first-order valence-corrected chi connectivity index (χ1v) is 4.59. The smallest absolute Gasteiger partial charge is 0.258 e. The zero-order chi connectivity index (χ0) is 12.7. The van der Waals surface area contributed by atoms with Crippen LogP contribution in [0.4, 0.5) is 10.1 Å². The van der Waals surface area contributed by atoms with Crippen LogP contribution in [0.5, 0.6) is 0 Å². The van der Waals surface area contributed by atoms with Crippen LogP contribution < -0.4 is 0 Å². The van der Waals surface area contributed by atoms with E-state index in [1.165, 1.54) is 6.07 Å². The molecule has 6 nitrogen and oxygen atoms in total. The highest BCUT2D eigenvalue weighted by atomic mass is 19.1. The summed E-state index contributed by atoms with van der Waals surface area (Å²) >= 11 is 0. The minimum absolute atomic E-state index is 0.136. The van der Waals surface area contributed by atoms with E-state index in [1.807, 2.05) is 0 Å². The second-order valence-electron chi connectivity index (χ2n) is 2.92. The van der Waals surface area contributed by atoms with Crippen molar-refractivity contribution in [2.45, 2.75) is 6.42 Å². The molecule has 0 bridgehead atoms. The van der Waals surface area contributed by atoms with Crippen LogP contribution in [0.3, 0.4) is 0 Å². The minimum atomic E-state index is -0.694. The third kappa shape index (κ3) is 3.81. The summed E-state index contributed by atoms with van der Waals surface area (Å²) in [6, 6.07) is 3.16. The fraction of sp³-hybridized carbons (Fsp3) is 0.200. The van der Waals surface area contributed by atoms with E-state index in [9.17, 15) is 14.5 Å². The molecule has 0 saturated carbocycles. The summed E-state index contributed by atoms with van der Waals surface area (Å²) in [4.78, 5) is 12.5. The summed E-state index contributed by atoms with van der Waals surface area (Å²) in [5.74, 6) is 4.46. The molecule has 0 aliphatic heterocycles. The first kappa shape index (κ1) is 12.5. The molecule has 0 atom stereocenters. The van der Waals surface area contributed by atoms with Gasteiger partial charge >= 0.3 is 0 Å². The van der Waals surface area contributed by atoms with Gasteiger partial charge in [0.05, 0.1) is 11.0 Å². The number of nitro groups is 1. The average molecular weight is 234 g/mol. The summed E-state index contributed by atoms with van der Waals surface area (Å²) in [5.41, 5.74) is 7.77. The van der Waals surface area contributed by atoms with Crippen LogP contribution in [0.25, 0.3) is 10.4 Å². The zero-order valence-corrected chi connectivity index (χ0v) is 8.63. The fourth-order valence-corrected chi connectivity index (χ4v) is 1.07. The van der Waals surface area contributed by atoms with Crippen molar-refractivity contribution >= 4 is 5.69 Å². The molecule has 1 aromatic rings. The van der Waals surface area contributed by atoms with E-state index < -0.39 is 10.7 Å². The van der Waals surface area contributed by atoms with E-state index in [1.54, 1.807) is 0 Å². The van der Waals surface area contributed by atoms with E-state index in [0.29, 0.717) is 6.42 Å². The molecule has 0 heterocycles. The van der Waals surface area contributed by atoms with Gasteiger partial charge in [-0.15, -0.1) is 0 Å². The largest absolute Gasteiger partial charge is 0.287 e. The summed E-state index contributed by atoms with van der Waals surface area (Å²) in [6.45, 7) is 0.193. The summed E-state index contributed by atoms with van der Waals surface area (Å²) in [6.07, 6.45) is 0.290. The SMILES string of the molecule is [N-]=[N+]=NCCC#Cc1ccc(F)cc1[N+](=O)[O-]. The molecule has 0 aliphatic rings. The third-order valence-corrected chi connectivity index (χ3v) is 1.78. The molecule has 17 heavy (non-hydrogen) atoms. The number of halogens is 1. The first-order valence-electron chi connectivity index (χ1n) is 4.59. The van der Waals surface area contributed by atoms with Gasteiger partial charge in [-0.3, -0.25) is 10.1 Å². The highest BCUT2D eigenvalue weighted by Crippen LogP contribution is 2.18. The molecule has 0 N–H and O–H groups in total. The lowest BCUT2D eigenvalue weighted by atomic mass is 10.2. The Morgan fingerprint density at radius 1 is 1.59 bits per heavy atom. The molecular formula is C10H7FN4O2. The summed E-state index contributed by atoms with van der Waals surface area (Å²) in [5, 5.41) is 13.9. The van der Waals surface area contributed by atoms with Gasteiger partial charge in [-0.2, -0.15) is 0 Å². The van der Waals surface area contributed by atoms with Crippen molar-refractivity contribution in [3.05, 3.63) is 50.1 Å². The third-order valence-electron chi connectivity index (χ3n) is 1.78. The van der Waals surface area contributed by atoms with Crippen molar-refractivity contribution in [2.24, 2.45) is 5.11 Å². The minimum Gasteiger partial charge on any atom is -0.258 e. The van der Waals surface area contributed by atoms with Crippen LogP contribution in [-0.2, 0) is 0 Å². The topological polar surface area (TPSA) is 91.9 Å². The Kier molecular flexibility index (Phi) is 4.48. The highest BCUT2D eigenvalue weighted by molar-refractivity contribution is 5.50. The molecule has 0 aliphatic carbocycles. The van der Waals surface area contributed by atoms with Gasteiger partial charge in [-0.25, -0.2) is 4.39 Å². The number of nitro benzene ring substituents is 1. The van der Waals surface area contributed by atoms with Gasteiger partial charge in [-0.05, 0) is 17.7 Å². The number of benzene rings is 1. The van der Waals surface area contributed by atoms with Crippen LogP contribution in [-0.4, -0.2) is 11.5 Å². The highest BCUT2D eigenvalue weighted by Gasteiger charge is 2.12. The van der Waals surface area contributed by atoms with Crippen molar-refractivity contribution in [2.75, 3.05) is 6.54 Å². The van der Waals surface area contributed by atoms with E-state index in [0.717, 1.165) is 12.1 Å². The first-order chi connectivity index (χ1) is 8.15. The fourth-order valence-electron chi connectivity index (χ4n) is 1.07.